The second-order valence-corrected chi connectivity index (χ2v) is 11.9. The molecule has 2 aliphatic heterocycles. The number of amides is 1. The number of carbonyl (C=O) groups is 1. The summed E-state index contributed by atoms with van der Waals surface area (Å²) >= 11 is 0. The Balaban J connectivity index is 1.38. The average Bonchev–Trinajstić information content (AvgIpc) is 3.25. The average molecular weight is 462 g/mol. The van der Waals surface area contributed by atoms with E-state index >= 15 is 0 Å². The van der Waals surface area contributed by atoms with Crippen LogP contribution in [0.2, 0.25) is 0 Å². The number of carbonyl (C=O) groups excluding carboxylic acids is 1. The number of hydrogen-bond acceptors (Lipinski definition) is 6. The fourth-order valence-electron chi connectivity index (χ4n) is 5.61. The van der Waals surface area contributed by atoms with Crippen molar-refractivity contribution < 1.29 is 13.2 Å². The number of nitriles is 1. The molecule has 2 saturated heterocycles. The van der Waals surface area contributed by atoms with Gasteiger partial charge in [0.05, 0.1) is 23.6 Å². The van der Waals surface area contributed by atoms with Crippen LogP contribution in [0.1, 0.15) is 61.4 Å². The van der Waals surface area contributed by atoms with Crippen molar-refractivity contribution in [2.24, 2.45) is 0 Å². The van der Waals surface area contributed by atoms with Crippen molar-refractivity contribution in [3.05, 3.63) is 16.8 Å². The fourth-order valence-corrected chi connectivity index (χ4v) is 7.37. The molecule has 1 aromatic rings. The van der Waals surface area contributed by atoms with Crippen LogP contribution < -0.4 is 5.32 Å². The van der Waals surface area contributed by atoms with Crippen molar-refractivity contribution in [3.63, 3.8) is 0 Å². The first-order valence-electron chi connectivity index (χ1n) is 11.9. The highest BCUT2D eigenvalue weighted by Gasteiger charge is 2.34. The molecule has 1 unspecified atom stereocenters. The lowest BCUT2D eigenvalue weighted by molar-refractivity contribution is -0.117. The summed E-state index contributed by atoms with van der Waals surface area (Å²) in [7, 11) is -2.88. The summed E-state index contributed by atoms with van der Waals surface area (Å²) in [6, 6.07) is 2.77. The summed E-state index contributed by atoms with van der Waals surface area (Å²) in [5.41, 5.74) is 2.60. The smallest absolute Gasteiger partial charge is 0.239 e. The third-order valence-electron chi connectivity index (χ3n) is 7.57. The Labute approximate surface area is 191 Å². The summed E-state index contributed by atoms with van der Waals surface area (Å²) in [6.07, 6.45) is 6.51. The van der Waals surface area contributed by atoms with Gasteiger partial charge in [-0.3, -0.25) is 14.6 Å². The molecule has 0 spiro atoms. The van der Waals surface area contributed by atoms with Crippen molar-refractivity contribution in [3.8, 4) is 6.07 Å². The molecule has 1 saturated carbocycles. The van der Waals surface area contributed by atoms with Crippen molar-refractivity contribution in [2.45, 2.75) is 64.5 Å². The quantitative estimate of drug-likeness (QED) is 0.722. The molecule has 0 radical (unpaired) electrons. The van der Waals surface area contributed by atoms with Crippen LogP contribution in [0.4, 0.5) is 5.82 Å². The normalized spacial score (nSPS) is 25.0. The zero-order chi connectivity index (χ0) is 22.9. The van der Waals surface area contributed by atoms with Gasteiger partial charge >= 0.3 is 0 Å². The van der Waals surface area contributed by atoms with E-state index in [0.29, 0.717) is 23.2 Å². The van der Waals surface area contributed by atoms with Gasteiger partial charge in [0, 0.05) is 44.0 Å². The number of rotatable bonds is 5. The molecule has 1 N–H and O–H groups in total. The molecule has 0 aromatic carbocycles. The summed E-state index contributed by atoms with van der Waals surface area (Å²) in [6.45, 7) is 7.36. The second kappa shape index (κ2) is 9.54. The number of nitrogens with one attached hydrogen (secondary N) is 1. The van der Waals surface area contributed by atoms with Crippen LogP contribution in [0, 0.1) is 25.2 Å². The van der Waals surface area contributed by atoms with Gasteiger partial charge in [-0.05, 0) is 38.7 Å². The zero-order valence-electron chi connectivity index (χ0n) is 19.3. The van der Waals surface area contributed by atoms with Crippen LogP contribution >= 0.6 is 0 Å². The lowest BCUT2D eigenvalue weighted by atomic mass is 9.95. The van der Waals surface area contributed by atoms with E-state index in [1.54, 1.807) is 0 Å². The Morgan fingerprint density at radius 2 is 1.75 bits per heavy atom. The predicted molar refractivity (Wildman–Crippen MR) is 124 cm³/mol. The van der Waals surface area contributed by atoms with Crippen LogP contribution in [0.5, 0.6) is 0 Å². The Hall–Kier alpha value is -1.89. The van der Waals surface area contributed by atoms with E-state index in [1.165, 1.54) is 19.3 Å². The molecule has 176 valence electrons. The van der Waals surface area contributed by atoms with E-state index in [-0.39, 0.29) is 24.2 Å². The Kier molecular flexibility index (Phi) is 6.94. The third-order valence-corrected chi connectivity index (χ3v) is 9.32. The molecule has 4 rings (SSSR count). The maximum absolute atomic E-state index is 13.0. The zero-order valence-corrected chi connectivity index (χ0v) is 20.1. The van der Waals surface area contributed by atoms with E-state index in [9.17, 15) is 18.5 Å². The molecule has 3 heterocycles. The monoisotopic (exact) mass is 461 g/mol. The highest BCUT2D eigenvalue weighted by Crippen LogP contribution is 2.36. The van der Waals surface area contributed by atoms with Gasteiger partial charge < -0.3 is 9.88 Å². The first-order valence-corrected chi connectivity index (χ1v) is 13.7. The Morgan fingerprint density at radius 3 is 2.34 bits per heavy atom. The van der Waals surface area contributed by atoms with Gasteiger partial charge in [0.25, 0.3) is 0 Å². The molecule has 1 aliphatic carbocycles. The van der Waals surface area contributed by atoms with Gasteiger partial charge in [0.1, 0.15) is 11.9 Å². The van der Waals surface area contributed by atoms with E-state index in [4.69, 9.17) is 0 Å². The van der Waals surface area contributed by atoms with Crippen molar-refractivity contribution in [1.82, 2.24) is 14.4 Å². The number of sulfone groups is 1. The Bertz CT molecular complexity index is 996. The number of hydrogen-bond donors (Lipinski definition) is 1. The number of nitrogens with zero attached hydrogens (tertiary/aromatic N) is 4. The number of piperazine rings is 1. The van der Waals surface area contributed by atoms with Crippen LogP contribution in [-0.2, 0) is 14.6 Å². The molecule has 1 aromatic heterocycles. The van der Waals surface area contributed by atoms with Gasteiger partial charge in [0.15, 0.2) is 9.84 Å². The van der Waals surface area contributed by atoms with Crippen LogP contribution in [0.25, 0.3) is 0 Å². The molecular formula is C23H35N5O3S. The van der Waals surface area contributed by atoms with Crippen LogP contribution in [-0.4, -0.2) is 79.0 Å². The minimum atomic E-state index is -2.88. The maximum atomic E-state index is 13.0. The molecule has 9 heteroatoms. The molecule has 3 fully saturated rings. The lowest BCUT2D eigenvalue weighted by Gasteiger charge is -2.37. The molecule has 3 aliphatic rings. The second-order valence-electron chi connectivity index (χ2n) is 9.62. The molecule has 8 nitrogen and oxygen atoms in total. The largest absolute Gasteiger partial charge is 0.327 e. The van der Waals surface area contributed by atoms with Gasteiger partial charge in [-0.1, -0.05) is 19.3 Å². The summed E-state index contributed by atoms with van der Waals surface area (Å²) < 4.78 is 25.7. The first-order chi connectivity index (χ1) is 15.3. The minimum Gasteiger partial charge on any atom is -0.327 e. The van der Waals surface area contributed by atoms with Gasteiger partial charge in [0.2, 0.25) is 5.91 Å². The van der Waals surface area contributed by atoms with Gasteiger partial charge in [-0.25, -0.2) is 8.42 Å². The van der Waals surface area contributed by atoms with Gasteiger partial charge in [-0.15, -0.1) is 0 Å². The van der Waals surface area contributed by atoms with Crippen LogP contribution in [0.3, 0.4) is 0 Å². The predicted octanol–water partition coefficient (Wildman–Crippen LogP) is 2.23. The third kappa shape index (κ3) is 4.87. The van der Waals surface area contributed by atoms with Crippen molar-refractivity contribution in [2.75, 3.05) is 49.5 Å². The number of anilines is 1. The standard InChI is InChI=1S/C23H35N5O3S/c1-17-18(2)28(19-6-4-3-5-7-19)23(21(17)14-24)25-22(29)15-26-9-11-27(12-10-26)20-8-13-32(30,31)16-20/h19-20H,3-13,15-16H2,1-2H3,(H,25,29). The van der Waals surface area contributed by atoms with Crippen LogP contribution in [0.15, 0.2) is 0 Å². The molecular weight excluding hydrogens is 426 g/mol. The molecule has 0 bridgehead atoms. The van der Waals surface area contributed by atoms with Crippen molar-refractivity contribution >= 4 is 21.6 Å². The lowest BCUT2D eigenvalue weighted by Crippen LogP contribution is -2.52. The van der Waals surface area contributed by atoms with E-state index < -0.39 is 9.84 Å². The topological polar surface area (TPSA) is 98.4 Å². The maximum Gasteiger partial charge on any atom is 0.239 e. The highest BCUT2D eigenvalue weighted by atomic mass is 32.2. The van der Waals surface area contributed by atoms with E-state index in [0.717, 1.165) is 56.7 Å². The van der Waals surface area contributed by atoms with Gasteiger partial charge in [-0.2, -0.15) is 5.26 Å². The first kappa shape index (κ1) is 23.3. The van der Waals surface area contributed by atoms with Crippen molar-refractivity contribution in [1.29, 1.82) is 5.26 Å². The number of aromatic nitrogens is 1. The molecule has 32 heavy (non-hydrogen) atoms. The highest BCUT2D eigenvalue weighted by molar-refractivity contribution is 7.91. The Morgan fingerprint density at radius 1 is 1.06 bits per heavy atom. The summed E-state index contributed by atoms with van der Waals surface area (Å²) in [5, 5.41) is 12.8. The minimum absolute atomic E-state index is 0.0899. The SMILES string of the molecule is Cc1c(C#N)c(NC(=O)CN2CCN(C3CCS(=O)(=O)C3)CC2)n(C2CCCCC2)c1C. The fraction of sp³-hybridized carbons (Fsp3) is 0.739. The summed E-state index contributed by atoms with van der Waals surface area (Å²) in [5.74, 6) is 1.13. The van der Waals surface area contributed by atoms with E-state index in [2.05, 4.69) is 25.8 Å². The molecule has 1 atom stereocenters. The summed E-state index contributed by atoms with van der Waals surface area (Å²) in [4.78, 5) is 17.3. The van der Waals surface area contributed by atoms with E-state index in [1.807, 2.05) is 13.8 Å². The molecule has 1 amide bonds.